The Morgan fingerprint density at radius 1 is 1.10 bits per heavy atom. The lowest BCUT2D eigenvalue weighted by Gasteiger charge is -2.10. The highest BCUT2D eigenvalue weighted by atomic mass is 79.9. The van der Waals surface area contributed by atoms with Crippen molar-refractivity contribution in [1.29, 1.82) is 0 Å². The van der Waals surface area contributed by atoms with Crippen molar-refractivity contribution in [3.05, 3.63) is 68.6 Å². The summed E-state index contributed by atoms with van der Waals surface area (Å²) in [7, 11) is 1.70. The maximum atomic E-state index is 11.5. The van der Waals surface area contributed by atoms with E-state index in [1.807, 2.05) is 30.3 Å². The second-order valence-corrected chi connectivity index (χ2v) is 6.40. The fraction of sp³-hybridized carbons (Fsp3) is 0.133. The number of halogens is 2. The fourth-order valence-electron chi connectivity index (χ4n) is 2.13. The van der Waals surface area contributed by atoms with Crippen LogP contribution in [0.15, 0.2) is 56.1 Å². The zero-order valence-corrected chi connectivity index (χ0v) is 13.8. The van der Waals surface area contributed by atoms with Crippen LogP contribution in [0.4, 0.5) is 0 Å². The first-order valence-corrected chi connectivity index (χ1v) is 7.76. The van der Waals surface area contributed by atoms with Crippen LogP contribution in [-0.4, -0.2) is 4.57 Å². The summed E-state index contributed by atoms with van der Waals surface area (Å²) in [5, 5.41) is 0. The second kappa shape index (κ2) is 5.22. The van der Waals surface area contributed by atoms with E-state index in [1.54, 1.807) is 7.05 Å². The van der Waals surface area contributed by atoms with E-state index in [9.17, 15) is 4.79 Å². The van der Waals surface area contributed by atoms with Crippen molar-refractivity contribution in [2.24, 2.45) is 7.05 Å². The molecular weight excluding hydrogens is 386 g/mol. The Morgan fingerprint density at radius 2 is 1.75 bits per heavy atom. The predicted molar refractivity (Wildman–Crippen MR) is 86.4 cm³/mol. The highest BCUT2D eigenvalue weighted by Gasteiger charge is 2.13. The molecule has 1 unspecified atom stereocenters. The number of aryl methyl sites for hydroxylation is 1. The van der Waals surface area contributed by atoms with Crippen molar-refractivity contribution >= 4 is 43.0 Å². The van der Waals surface area contributed by atoms with E-state index in [-0.39, 0.29) is 10.6 Å². The zero-order valence-electron chi connectivity index (χ0n) is 10.6. The van der Waals surface area contributed by atoms with E-state index in [0.717, 1.165) is 21.1 Å². The van der Waals surface area contributed by atoms with E-state index in [2.05, 4.69) is 44.0 Å². The number of alkyl halides is 1. The van der Waals surface area contributed by atoms with Gasteiger partial charge in [0.1, 0.15) is 0 Å². The number of hydrogen-bond donors (Lipinski definition) is 0. The zero-order chi connectivity index (χ0) is 14.3. The molecule has 0 N–H and O–H groups in total. The van der Waals surface area contributed by atoms with Crippen LogP contribution in [0.25, 0.3) is 11.1 Å². The first-order chi connectivity index (χ1) is 9.56. The van der Waals surface area contributed by atoms with Crippen molar-refractivity contribution in [1.82, 2.24) is 4.57 Å². The Labute approximate surface area is 132 Å². The summed E-state index contributed by atoms with van der Waals surface area (Å²) in [6.45, 7) is 0. The first-order valence-electron chi connectivity index (χ1n) is 6.05. The Bertz CT molecular complexity index is 818. The quantitative estimate of drug-likeness (QED) is 0.602. The standard InChI is InChI=1S/C15H11Br2NO2/c1-18-12-7-4-10(8-13(12)20-15(18)19)14(17)9-2-5-11(16)6-3-9/h2-8,14H,1H3. The van der Waals surface area contributed by atoms with E-state index < -0.39 is 0 Å². The van der Waals surface area contributed by atoms with Crippen molar-refractivity contribution in [3.8, 4) is 0 Å². The number of aromatic nitrogens is 1. The third-order valence-electron chi connectivity index (χ3n) is 3.27. The van der Waals surface area contributed by atoms with Gasteiger partial charge in [0.15, 0.2) is 5.58 Å². The summed E-state index contributed by atoms with van der Waals surface area (Å²) >= 11 is 7.11. The number of oxazole rings is 1. The Morgan fingerprint density at radius 3 is 2.45 bits per heavy atom. The third kappa shape index (κ3) is 2.36. The molecule has 0 spiro atoms. The Hall–Kier alpha value is -1.33. The highest BCUT2D eigenvalue weighted by Crippen LogP contribution is 2.32. The molecule has 1 atom stereocenters. The number of benzene rings is 2. The van der Waals surface area contributed by atoms with Gasteiger partial charge in [-0.2, -0.15) is 0 Å². The molecule has 3 rings (SSSR count). The molecule has 0 amide bonds. The maximum Gasteiger partial charge on any atom is 0.419 e. The first kappa shape index (κ1) is 13.6. The average molecular weight is 397 g/mol. The lowest BCUT2D eigenvalue weighted by molar-refractivity contribution is 0.528. The number of rotatable bonds is 2. The molecule has 0 saturated heterocycles. The van der Waals surface area contributed by atoms with E-state index in [4.69, 9.17) is 4.42 Å². The van der Waals surface area contributed by atoms with E-state index in [1.165, 1.54) is 4.57 Å². The molecule has 0 fully saturated rings. The molecule has 5 heteroatoms. The molecule has 0 aliphatic heterocycles. The van der Waals surface area contributed by atoms with Crippen molar-refractivity contribution < 1.29 is 4.42 Å². The summed E-state index contributed by atoms with van der Waals surface area (Å²) in [5.74, 6) is -0.341. The summed E-state index contributed by atoms with van der Waals surface area (Å²) in [6.07, 6.45) is 0. The van der Waals surface area contributed by atoms with Gasteiger partial charge in [0.05, 0.1) is 10.3 Å². The molecule has 20 heavy (non-hydrogen) atoms. The molecule has 0 radical (unpaired) electrons. The van der Waals surface area contributed by atoms with Gasteiger partial charge in [-0.25, -0.2) is 4.79 Å². The lowest BCUT2D eigenvalue weighted by Crippen LogP contribution is -2.08. The molecule has 1 heterocycles. The molecule has 3 nitrogen and oxygen atoms in total. The minimum Gasteiger partial charge on any atom is -0.408 e. The van der Waals surface area contributed by atoms with Gasteiger partial charge in [-0.3, -0.25) is 4.57 Å². The van der Waals surface area contributed by atoms with Crippen molar-refractivity contribution in [2.45, 2.75) is 4.83 Å². The smallest absolute Gasteiger partial charge is 0.408 e. The van der Waals surface area contributed by atoms with Crippen LogP contribution in [0.3, 0.4) is 0 Å². The van der Waals surface area contributed by atoms with Crippen molar-refractivity contribution in [2.75, 3.05) is 0 Å². The van der Waals surface area contributed by atoms with Crippen LogP contribution in [0.5, 0.6) is 0 Å². The lowest BCUT2D eigenvalue weighted by atomic mass is 10.0. The average Bonchev–Trinajstić information content (AvgIpc) is 2.74. The van der Waals surface area contributed by atoms with Crippen LogP contribution in [0, 0.1) is 0 Å². The number of hydrogen-bond acceptors (Lipinski definition) is 2. The van der Waals surface area contributed by atoms with Gasteiger partial charge in [0.25, 0.3) is 0 Å². The van der Waals surface area contributed by atoms with Crippen LogP contribution in [0.1, 0.15) is 16.0 Å². The van der Waals surface area contributed by atoms with Gasteiger partial charge in [-0.15, -0.1) is 0 Å². The minimum atomic E-state index is -0.341. The molecule has 2 aromatic carbocycles. The van der Waals surface area contributed by atoms with Gasteiger partial charge >= 0.3 is 5.76 Å². The topological polar surface area (TPSA) is 35.1 Å². The van der Waals surface area contributed by atoms with Gasteiger partial charge in [-0.1, -0.05) is 50.1 Å². The maximum absolute atomic E-state index is 11.5. The molecule has 102 valence electrons. The molecule has 0 aliphatic carbocycles. The fourth-order valence-corrected chi connectivity index (χ4v) is 2.99. The van der Waals surface area contributed by atoms with Crippen LogP contribution in [0.2, 0.25) is 0 Å². The monoisotopic (exact) mass is 395 g/mol. The van der Waals surface area contributed by atoms with Crippen LogP contribution in [-0.2, 0) is 7.05 Å². The van der Waals surface area contributed by atoms with Gasteiger partial charge in [0.2, 0.25) is 0 Å². The van der Waals surface area contributed by atoms with Crippen LogP contribution >= 0.6 is 31.9 Å². The normalized spacial score (nSPS) is 12.8. The summed E-state index contributed by atoms with van der Waals surface area (Å²) in [4.78, 5) is 11.6. The Balaban J connectivity index is 2.05. The number of fused-ring (bicyclic) bond motifs is 1. The van der Waals surface area contributed by atoms with Crippen LogP contribution < -0.4 is 5.76 Å². The van der Waals surface area contributed by atoms with Crippen molar-refractivity contribution in [3.63, 3.8) is 0 Å². The SMILES string of the molecule is Cn1c(=O)oc2cc(C(Br)c3ccc(Br)cc3)ccc21. The summed E-state index contributed by atoms with van der Waals surface area (Å²) < 4.78 is 7.77. The van der Waals surface area contributed by atoms with Gasteiger partial charge in [0, 0.05) is 11.5 Å². The number of nitrogens with zero attached hydrogens (tertiary/aromatic N) is 1. The minimum absolute atomic E-state index is 0.0607. The third-order valence-corrected chi connectivity index (χ3v) is 4.86. The predicted octanol–water partition coefficient (Wildman–Crippen LogP) is 4.38. The van der Waals surface area contributed by atoms with Gasteiger partial charge < -0.3 is 4.42 Å². The summed E-state index contributed by atoms with van der Waals surface area (Å²) in [5.41, 5.74) is 3.60. The molecule has 3 aromatic rings. The highest BCUT2D eigenvalue weighted by molar-refractivity contribution is 9.10. The second-order valence-electron chi connectivity index (χ2n) is 4.57. The molecular formula is C15H11Br2NO2. The van der Waals surface area contributed by atoms with E-state index >= 15 is 0 Å². The van der Waals surface area contributed by atoms with Gasteiger partial charge in [-0.05, 0) is 35.4 Å². The molecule has 0 aliphatic rings. The van der Waals surface area contributed by atoms with E-state index in [0.29, 0.717) is 5.58 Å². The Kier molecular flexibility index (Phi) is 3.56. The largest absolute Gasteiger partial charge is 0.419 e. The molecule has 0 bridgehead atoms. The summed E-state index contributed by atoms with van der Waals surface area (Å²) in [6, 6.07) is 13.9. The molecule has 1 aromatic heterocycles. The molecule has 0 saturated carbocycles.